The van der Waals surface area contributed by atoms with Crippen LogP contribution in [0.3, 0.4) is 0 Å². The fourth-order valence-electron chi connectivity index (χ4n) is 4.39. The van der Waals surface area contributed by atoms with Crippen molar-refractivity contribution in [2.45, 2.75) is 88.8 Å². The normalized spacial score (nSPS) is 26.3. The first-order valence-corrected chi connectivity index (χ1v) is 10.2. The average molecular weight is 338 g/mol. The smallest absolute Gasteiger partial charge is 0.317 e. The summed E-state index contributed by atoms with van der Waals surface area (Å²) in [6, 6.07) is 1.64. The van der Waals surface area contributed by atoms with Crippen LogP contribution in [0.1, 0.15) is 70.6 Å². The quantitative estimate of drug-likeness (QED) is 0.702. The highest BCUT2D eigenvalue weighted by Gasteiger charge is 2.34. The van der Waals surface area contributed by atoms with Gasteiger partial charge in [0.05, 0.1) is 0 Å². The van der Waals surface area contributed by atoms with E-state index >= 15 is 0 Å². The van der Waals surface area contributed by atoms with Crippen LogP contribution in [-0.4, -0.2) is 65.3 Å². The zero-order chi connectivity index (χ0) is 16.8. The summed E-state index contributed by atoms with van der Waals surface area (Å²) in [5.41, 5.74) is 0. The van der Waals surface area contributed by atoms with Gasteiger partial charge in [0.15, 0.2) is 0 Å². The third-order valence-electron chi connectivity index (χ3n) is 5.93. The van der Waals surface area contributed by atoms with Crippen LogP contribution in [0.4, 0.5) is 4.79 Å². The van der Waals surface area contributed by atoms with Crippen molar-refractivity contribution in [3.05, 3.63) is 0 Å². The van der Waals surface area contributed by atoms with Crippen LogP contribution in [0.5, 0.6) is 0 Å². The van der Waals surface area contributed by atoms with Crippen LogP contribution in [0, 0.1) is 0 Å². The van der Waals surface area contributed by atoms with Crippen molar-refractivity contribution in [1.29, 1.82) is 0 Å². The number of hydrogen-bond acceptors (Lipinski definition) is 3. The van der Waals surface area contributed by atoms with Crippen LogP contribution in [-0.2, 0) is 0 Å². The number of carbonyl (C=O) groups is 1. The molecule has 3 fully saturated rings. The van der Waals surface area contributed by atoms with E-state index in [2.05, 4.69) is 10.2 Å². The van der Waals surface area contributed by atoms with Gasteiger partial charge in [-0.25, -0.2) is 4.79 Å². The largest absolute Gasteiger partial charge is 0.396 e. The lowest BCUT2D eigenvalue weighted by atomic mass is 9.92. The summed E-state index contributed by atoms with van der Waals surface area (Å²) in [5, 5.41) is 12.3. The fraction of sp³-hybridized carbons (Fsp3) is 0.947. The number of urea groups is 1. The number of nitrogens with zero attached hydrogens (tertiary/aromatic N) is 2. The topological polar surface area (TPSA) is 55.8 Å². The highest BCUT2D eigenvalue weighted by atomic mass is 16.3. The molecule has 0 bridgehead atoms. The van der Waals surface area contributed by atoms with Gasteiger partial charge in [-0.1, -0.05) is 19.3 Å². The number of aliphatic hydroxyl groups excluding tert-OH is 1. The molecule has 3 rings (SSSR count). The van der Waals surface area contributed by atoms with E-state index in [9.17, 15) is 4.79 Å². The first kappa shape index (κ1) is 18.0. The number of rotatable bonds is 7. The molecule has 1 atom stereocenters. The minimum Gasteiger partial charge on any atom is -0.396 e. The molecule has 138 valence electrons. The summed E-state index contributed by atoms with van der Waals surface area (Å²) in [5.74, 6) is 0. The second-order valence-corrected chi connectivity index (χ2v) is 7.93. The Morgan fingerprint density at radius 2 is 1.83 bits per heavy atom. The minimum absolute atomic E-state index is 0.130. The summed E-state index contributed by atoms with van der Waals surface area (Å²) < 4.78 is 0. The van der Waals surface area contributed by atoms with Gasteiger partial charge in [-0.2, -0.15) is 0 Å². The van der Waals surface area contributed by atoms with Crippen molar-refractivity contribution in [3.63, 3.8) is 0 Å². The van der Waals surface area contributed by atoms with Crippen LogP contribution >= 0.6 is 0 Å². The first-order valence-electron chi connectivity index (χ1n) is 10.2. The third-order valence-corrected chi connectivity index (χ3v) is 5.93. The molecule has 24 heavy (non-hydrogen) atoms. The maximum absolute atomic E-state index is 12.7. The Morgan fingerprint density at radius 3 is 2.54 bits per heavy atom. The zero-order valence-corrected chi connectivity index (χ0v) is 15.1. The van der Waals surface area contributed by atoms with Gasteiger partial charge in [0, 0.05) is 37.8 Å². The Labute approximate surface area is 146 Å². The van der Waals surface area contributed by atoms with E-state index in [-0.39, 0.29) is 12.6 Å². The number of likely N-dealkylation sites (tertiary alicyclic amines) is 1. The molecule has 5 nitrogen and oxygen atoms in total. The number of unbranched alkanes of at least 4 members (excludes halogenated alkanes) is 1. The molecule has 2 aliphatic carbocycles. The van der Waals surface area contributed by atoms with Crippen molar-refractivity contribution in [2.24, 2.45) is 0 Å². The van der Waals surface area contributed by atoms with Crippen molar-refractivity contribution >= 4 is 6.03 Å². The maximum atomic E-state index is 12.7. The van der Waals surface area contributed by atoms with Crippen molar-refractivity contribution in [2.75, 3.05) is 26.2 Å². The van der Waals surface area contributed by atoms with E-state index in [4.69, 9.17) is 5.11 Å². The van der Waals surface area contributed by atoms with Crippen molar-refractivity contribution < 1.29 is 9.90 Å². The molecular formula is C19H35N3O2. The molecule has 1 unspecified atom stereocenters. The molecule has 0 radical (unpaired) electrons. The summed E-state index contributed by atoms with van der Waals surface area (Å²) in [7, 11) is 0. The molecule has 5 heteroatoms. The van der Waals surface area contributed by atoms with Crippen LogP contribution in [0.25, 0.3) is 0 Å². The molecule has 1 heterocycles. The minimum atomic E-state index is 0.130. The van der Waals surface area contributed by atoms with Crippen LogP contribution in [0.15, 0.2) is 0 Å². The molecule has 0 aromatic rings. The second kappa shape index (κ2) is 9.04. The molecular weight excluding hydrogens is 302 g/mol. The maximum Gasteiger partial charge on any atom is 0.317 e. The van der Waals surface area contributed by atoms with Gasteiger partial charge < -0.3 is 15.3 Å². The first-order chi connectivity index (χ1) is 11.8. The summed E-state index contributed by atoms with van der Waals surface area (Å²) in [6.45, 7) is 3.25. The Bertz CT molecular complexity index is 394. The standard InChI is InChI=1S/C19H35N3O2/c23-14-5-4-13-22(18-10-11-18)19(24)20-16-7-6-12-21(15-16)17-8-2-1-3-9-17/h16-18,23H,1-15H2,(H,20,24). The van der Waals surface area contributed by atoms with E-state index in [0.717, 1.165) is 51.2 Å². The number of aliphatic hydroxyl groups is 1. The molecule has 1 saturated heterocycles. The molecule has 1 aliphatic heterocycles. The highest BCUT2D eigenvalue weighted by molar-refractivity contribution is 5.75. The monoisotopic (exact) mass is 337 g/mol. The molecule has 2 N–H and O–H groups in total. The van der Waals surface area contributed by atoms with Gasteiger partial charge in [-0.3, -0.25) is 4.90 Å². The lowest BCUT2D eigenvalue weighted by molar-refractivity contribution is 0.108. The average Bonchev–Trinajstić information content (AvgIpc) is 3.44. The van der Waals surface area contributed by atoms with Crippen LogP contribution < -0.4 is 5.32 Å². The van der Waals surface area contributed by atoms with Gasteiger partial charge in [-0.15, -0.1) is 0 Å². The van der Waals surface area contributed by atoms with Gasteiger partial charge in [0.25, 0.3) is 0 Å². The summed E-state index contributed by atoms with van der Waals surface area (Å²) in [6.07, 6.45) is 13.1. The Balaban J connectivity index is 1.47. The fourth-order valence-corrected chi connectivity index (χ4v) is 4.39. The van der Waals surface area contributed by atoms with E-state index < -0.39 is 0 Å². The lowest BCUT2D eigenvalue weighted by Crippen LogP contribution is -2.54. The van der Waals surface area contributed by atoms with Gasteiger partial charge in [0.2, 0.25) is 0 Å². The van der Waals surface area contributed by atoms with Gasteiger partial charge in [-0.05, 0) is 57.9 Å². The predicted octanol–water partition coefficient (Wildman–Crippen LogP) is 2.73. The number of hydrogen-bond donors (Lipinski definition) is 2. The van der Waals surface area contributed by atoms with Crippen molar-refractivity contribution in [1.82, 2.24) is 15.1 Å². The number of carbonyl (C=O) groups excluding carboxylic acids is 1. The molecule has 2 saturated carbocycles. The molecule has 3 aliphatic rings. The SMILES string of the molecule is O=C(NC1CCCN(C2CCCCC2)C1)N(CCCCO)C1CC1. The van der Waals surface area contributed by atoms with Gasteiger partial charge >= 0.3 is 6.03 Å². The van der Waals surface area contributed by atoms with E-state index in [1.807, 2.05) is 4.90 Å². The van der Waals surface area contributed by atoms with E-state index in [0.29, 0.717) is 12.1 Å². The summed E-state index contributed by atoms with van der Waals surface area (Å²) in [4.78, 5) is 17.4. The van der Waals surface area contributed by atoms with E-state index in [1.54, 1.807) is 0 Å². The van der Waals surface area contributed by atoms with Crippen molar-refractivity contribution in [3.8, 4) is 0 Å². The summed E-state index contributed by atoms with van der Waals surface area (Å²) >= 11 is 0. The van der Waals surface area contributed by atoms with E-state index in [1.165, 1.54) is 45.1 Å². The van der Waals surface area contributed by atoms with Gasteiger partial charge in [0.1, 0.15) is 0 Å². The Morgan fingerprint density at radius 1 is 1.04 bits per heavy atom. The lowest BCUT2D eigenvalue weighted by Gasteiger charge is -2.40. The molecule has 0 spiro atoms. The molecule has 0 aromatic carbocycles. The Hall–Kier alpha value is -0.810. The third kappa shape index (κ3) is 5.09. The number of piperidine rings is 1. The number of amides is 2. The Kier molecular flexibility index (Phi) is 6.78. The molecule has 0 aromatic heterocycles. The second-order valence-electron chi connectivity index (χ2n) is 7.93. The zero-order valence-electron chi connectivity index (χ0n) is 15.1. The molecule has 2 amide bonds. The number of nitrogens with one attached hydrogen (secondary N) is 1. The highest BCUT2D eigenvalue weighted by Crippen LogP contribution is 2.28. The predicted molar refractivity (Wildman–Crippen MR) is 96.0 cm³/mol. The van der Waals surface area contributed by atoms with Crippen LogP contribution in [0.2, 0.25) is 0 Å².